The van der Waals surface area contributed by atoms with Gasteiger partial charge >= 0.3 is 6.18 Å². The van der Waals surface area contributed by atoms with Crippen LogP contribution in [-0.4, -0.2) is 67.4 Å². The van der Waals surface area contributed by atoms with Gasteiger partial charge in [0, 0.05) is 38.4 Å². The van der Waals surface area contributed by atoms with Crippen LogP contribution in [0, 0.1) is 0 Å². The molecule has 0 aromatic heterocycles. The van der Waals surface area contributed by atoms with Crippen molar-refractivity contribution in [3.63, 3.8) is 0 Å². The van der Waals surface area contributed by atoms with E-state index in [0.29, 0.717) is 32.7 Å². The highest BCUT2D eigenvalue weighted by molar-refractivity contribution is 5.93. The van der Waals surface area contributed by atoms with E-state index in [2.05, 4.69) is 22.3 Å². The average Bonchev–Trinajstić information content (AvgIpc) is 2.79. The maximum atomic E-state index is 13.1. The first-order valence-corrected chi connectivity index (χ1v) is 11.1. The fraction of sp³-hybridized carbons (Fsp3) is 0.417. The molecule has 9 heteroatoms. The minimum absolute atomic E-state index is 0.0201. The molecular weight excluding hydrogens is 433 g/mol. The van der Waals surface area contributed by atoms with E-state index in [9.17, 15) is 22.8 Å². The number of anilines is 2. The molecule has 2 aromatic carbocycles. The Balaban J connectivity index is 1.27. The van der Waals surface area contributed by atoms with Crippen molar-refractivity contribution in [1.29, 1.82) is 0 Å². The Morgan fingerprint density at radius 2 is 1.58 bits per heavy atom. The van der Waals surface area contributed by atoms with Crippen molar-refractivity contribution >= 4 is 23.2 Å². The number of hydrogen-bond donors (Lipinski definition) is 1. The summed E-state index contributed by atoms with van der Waals surface area (Å²) in [4.78, 5) is 31.0. The fourth-order valence-corrected chi connectivity index (χ4v) is 4.43. The molecule has 4 rings (SSSR count). The van der Waals surface area contributed by atoms with E-state index >= 15 is 0 Å². The highest BCUT2D eigenvalue weighted by Gasteiger charge is 2.34. The van der Waals surface area contributed by atoms with Crippen LogP contribution < -0.4 is 10.2 Å². The lowest BCUT2D eigenvalue weighted by molar-refractivity contribution is -0.137. The summed E-state index contributed by atoms with van der Waals surface area (Å²) in [6.45, 7) is 3.12. The number of nitrogens with one attached hydrogen (secondary N) is 1. The number of benzene rings is 2. The number of aryl methyl sites for hydroxylation is 1. The summed E-state index contributed by atoms with van der Waals surface area (Å²) in [6, 6.07) is 13.1. The van der Waals surface area contributed by atoms with Gasteiger partial charge in [-0.15, -0.1) is 0 Å². The monoisotopic (exact) mass is 460 g/mol. The Bertz CT molecular complexity index is 1000. The van der Waals surface area contributed by atoms with Crippen LogP contribution in [0.5, 0.6) is 0 Å². The van der Waals surface area contributed by atoms with Crippen molar-refractivity contribution in [2.24, 2.45) is 0 Å². The molecule has 2 aliphatic heterocycles. The number of hydrogen-bond acceptors (Lipinski definition) is 4. The Hall–Kier alpha value is -3.07. The third kappa shape index (κ3) is 5.65. The topological polar surface area (TPSA) is 55.9 Å². The van der Waals surface area contributed by atoms with E-state index in [4.69, 9.17) is 0 Å². The van der Waals surface area contributed by atoms with Crippen LogP contribution in [0.4, 0.5) is 24.5 Å². The summed E-state index contributed by atoms with van der Waals surface area (Å²) in [6.07, 6.45) is -2.50. The van der Waals surface area contributed by atoms with Crippen LogP contribution in [-0.2, 0) is 22.2 Å². The van der Waals surface area contributed by atoms with E-state index in [1.165, 1.54) is 23.8 Å². The second kappa shape index (κ2) is 9.82. The van der Waals surface area contributed by atoms with Crippen LogP contribution >= 0.6 is 0 Å². The summed E-state index contributed by atoms with van der Waals surface area (Å²) in [7, 11) is 0. The Morgan fingerprint density at radius 1 is 0.879 bits per heavy atom. The smallest absolute Gasteiger partial charge is 0.362 e. The third-order valence-corrected chi connectivity index (χ3v) is 6.13. The van der Waals surface area contributed by atoms with Gasteiger partial charge in [0.1, 0.15) is 0 Å². The van der Waals surface area contributed by atoms with Gasteiger partial charge < -0.3 is 15.1 Å². The van der Waals surface area contributed by atoms with Gasteiger partial charge in [-0.25, -0.2) is 0 Å². The minimum Gasteiger partial charge on any atom is -0.362 e. The Morgan fingerprint density at radius 3 is 2.33 bits per heavy atom. The molecule has 2 amide bonds. The Kier molecular flexibility index (Phi) is 6.88. The number of fused-ring (bicyclic) bond motifs is 1. The lowest BCUT2D eigenvalue weighted by Gasteiger charge is -2.37. The number of amides is 2. The molecule has 1 N–H and O–H groups in total. The maximum absolute atomic E-state index is 13.1. The molecule has 6 nitrogen and oxygen atoms in total. The molecule has 0 aliphatic carbocycles. The largest absolute Gasteiger partial charge is 0.418 e. The van der Waals surface area contributed by atoms with Gasteiger partial charge in [0.05, 0.1) is 24.3 Å². The van der Waals surface area contributed by atoms with Crippen molar-refractivity contribution in [1.82, 2.24) is 9.80 Å². The molecule has 0 spiro atoms. The third-order valence-electron chi connectivity index (χ3n) is 6.13. The summed E-state index contributed by atoms with van der Waals surface area (Å²) in [5, 5.41) is 2.37. The van der Waals surface area contributed by atoms with Crippen molar-refractivity contribution in [2.75, 3.05) is 56.0 Å². The molecule has 1 saturated heterocycles. The zero-order valence-corrected chi connectivity index (χ0v) is 18.3. The summed E-state index contributed by atoms with van der Waals surface area (Å²) in [5.74, 6) is -0.452. The van der Waals surface area contributed by atoms with Crippen LogP contribution in [0.25, 0.3) is 0 Å². The number of halogens is 3. The van der Waals surface area contributed by atoms with Crippen LogP contribution in [0.2, 0.25) is 0 Å². The van der Waals surface area contributed by atoms with E-state index < -0.39 is 17.6 Å². The van der Waals surface area contributed by atoms with Gasteiger partial charge in [0.2, 0.25) is 11.8 Å². The van der Waals surface area contributed by atoms with E-state index in [1.807, 2.05) is 17.0 Å². The van der Waals surface area contributed by atoms with Crippen LogP contribution in [0.15, 0.2) is 48.5 Å². The van der Waals surface area contributed by atoms with E-state index in [1.54, 1.807) is 4.90 Å². The standard InChI is InChI=1S/C24H27F3N4O2/c25-24(26,27)19-8-2-3-9-20(19)28-22(32)16-29-12-14-30(15-13-29)23(33)17-31-11-5-7-18-6-1-4-10-21(18)31/h1-4,6,8-10H,5,7,11-17H2,(H,28,32). The molecule has 0 saturated carbocycles. The number of rotatable bonds is 5. The second-order valence-corrected chi connectivity index (χ2v) is 8.40. The summed E-state index contributed by atoms with van der Waals surface area (Å²) in [5.41, 5.74) is 1.27. The van der Waals surface area contributed by atoms with Crippen molar-refractivity contribution in [3.8, 4) is 0 Å². The maximum Gasteiger partial charge on any atom is 0.418 e. The average molecular weight is 461 g/mol. The first-order valence-electron chi connectivity index (χ1n) is 11.1. The summed E-state index contributed by atoms with van der Waals surface area (Å²) < 4.78 is 39.4. The molecule has 0 unspecified atom stereocenters. The van der Waals surface area contributed by atoms with Gasteiger partial charge in [-0.05, 0) is 36.6 Å². The molecular formula is C24H27F3N4O2. The van der Waals surface area contributed by atoms with Gasteiger partial charge in [-0.2, -0.15) is 13.2 Å². The van der Waals surface area contributed by atoms with Crippen molar-refractivity contribution < 1.29 is 22.8 Å². The fourth-order valence-electron chi connectivity index (χ4n) is 4.43. The molecule has 0 radical (unpaired) electrons. The molecule has 0 atom stereocenters. The molecule has 2 aromatic rings. The lowest BCUT2D eigenvalue weighted by Crippen LogP contribution is -2.52. The second-order valence-electron chi connectivity index (χ2n) is 8.40. The quantitative estimate of drug-likeness (QED) is 0.745. The first kappa shape index (κ1) is 23.1. The number of alkyl halides is 3. The summed E-state index contributed by atoms with van der Waals surface area (Å²) >= 11 is 0. The molecule has 176 valence electrons. The highest BCUT2D eigenvalue weighted by Crippen LogP contribution is 2.34. The minimum atomic E-state index is -4.54. The molecule has 33 heavy (non-hydrogen) atoms. The number of para-hydroxylation sites is 2. The van der Waals surface area contributed by atoms with Crippen LogP contribution in [0.1, 0.15) is 17.5 Å². The zero-order chi connectivity index (χ0) is 23.4. The van der Waals surface area contributed by atoms with Crippen molar-refractivity contribution in [2.45, 2.75) is 19.0 Å². The SMILES string of the molecule is O=C(CN1CCN(C(=O)CN2CCCc3ccccc32)CC1)Nc1ccccc1C(F)(F)F. The lowest BCUT2D eigenvalue weighted by atomic mass is 10.0. The highest BCUT2D eigenvalue weighted by atomic mass is 19.4. The number of carbonyl (C=O) groups is 2. The molecule has 2 aliphatic rings. The number of piperazine rings is 1. The van der Waals surface area contributed by atoms with Gasteiger partial charge in [0.15, 0.2) is 0 Å². The normalized spacial score (nSPS) is 16.9. The van der Waals surface area contributed by atoms with Crippen LogP contribution in [0.3, 0.4) is 0 Å². The predicted molar refractivity (Wildman–Crippen MR) is 120 cm³/mol. The first-order chi connectivity index (χ1) is 15.8. The predicted octanol–water partition coefficient (Wildman–Crippen LogP) is 3.24. The van der Waals surface area contributed by atoms with Gasteiger partial charge in [-0.3, -0.25) is 14.5 Å². The van der Waals surface area contributed by atoms with Gasteiger partial charge in [0.25, 0.3) is 0 Å². The van der Waals surface area contributed by atoms with Gasteiger partial charge in [-0.1, -0.05) is 30.3 Å². The molecule has 1 fully saturated rings. The Labute approximate surface area is 191 Å². The molecule has 2 heterocycles. The zero-order valence-electron chi connectivity index (χ0n) is 18.3. The number of carbonyl (C=O) groups excluding carboxylic acids is 2. The molecule has 0 bridgehead atoms. The van der Waals surface area contributed by atoms with E-state index in [0.717, 1.165) is 31.1 Å². The van der Waals surface area contributed by atoms with E-state index in [-0.39, 0.29) is 18.1 Å². The number of nitrogens with zero attached hydrogens (tertiary/aromatic N) is 3. The van der Waals surface area contributed by atoms with Crippen molar-refractivity contribution in [3.05, 3.63) is 59.7 Å².